The number of nitrogens with zero attached hydrogens (tertiary/aromatic N) is 5. The molecule has 0 bridgehead atoms. The minimum atomic E-state index is -4.97. The van der Waals surface area contributed by atoms with Crippen LogP contribution < -0.4 is 14.5 Å². The van der Waals surface area contributed by atoms with E-state index >= 15 is 0 Å². The molecule has 2 aromatic carbocycles. The Bertz CT molecular complexity index is 1520. The van der Waals surface area contributed by atoms with Crippen molar-refractivity contribution in [1.29, 1.82) is 0 Å². The number of hydrogen-bond donors (Lipinski definition) is 0. The van der Waals surface area contributed by atoms with Crippen molar-refractivity contribution in [2.75, 3.05) is 43.2 Å². The Balaban J connectivity index is 1.53. The molecule has 0 atom stereocenters. The molecule has 2 aromatic heterocycles. The maximum Gasteiger partial charge on any atom is 0.416 e. The van der Waals surface area contributed by atoms with Crippen molar-refractivity contribution in [3.05, 3.63) is 83.3 Å². The summed E-state index contributed by atoms with van der Waals surface area (Å²) in [7, 11) is 1.54. The largest absolute Gasteiger partial charge is 0.475 e. The van der Waals surface area contributed by atoms with Crippen molar-refractivity contribution in [2.24, 2.45) is 0 Å². The molecule has 0 saturated carbocycles. The highest BCUT2D eigenvalue weighted by Gasteiger charge is 2.37. The predicted octanol–water partition coefficient (Wildman–Crippen LogP) is 7.28. The quantitative estimate of drug-likeness (QED) is 0.137. The van der Waals surface area contributed by atoms with E-state index in [1.54, 1.807) is 18.5 Å². The molecule has 234 valence electrons. The van der Waals surface area contributed by atoms with E-state index in [4.69, 9.17) is 9.47 Å². The van der Waals surface area contributed by atoms with Gasteiger partial charge in [0.25, 0.3) is 0 Å². The normalized spacial score (nSPS) is 14.2. The molecule has 13 heteroatoms. The molecule has 5 rings (SSSR count). The highest BCUT2D eigenvalue weighted by molar-refractivity contribution is 5.87. The number of alkyl halides is 6. The predicted molar refractivity (Wildman–Crippen MR) is 154 cm³/mol. The van der Waals surface area contributed by atoms with Crippen LogP contribution in [0.3, 0.4) is 0 Å². The number of hydrogen-bond acceptors (Lipinski definition) is 7. The van der Waals surface area contributed by atoms with Crippen LogP contribution in [0.1, 0.15) is 41.6 Å². The topological polar surface area (TPSA) is 63.6 Å². The van der Waals surface area contributed by atoms with Crippen molar-refractivity contribution in [3.63, 3.8) is 0 Å². The van der Waals surface area contributed by atoms with Gasteiger partial charge in [0.1, 0.15) is 6.61 Å². The second-order valence-electron chi connectivity index (χ2n) is 10.5. The SMILES string of the molecule is COCCOc1nc(CN(Cc2cc(C(F)(F)F)cc(C(F)(F)F)c2)c2ncc(N3CCCCC3)cn2)cc2ccccc12. The first-order valence-corrected chi connectivity index (χ1v) is 14.1. The van der Waals surface area contributed by atoms with Gasteiger partial charge in [-0.2, -0.15) is 26.3 Å². The van der Waals surface area contributed by atoms with Gasteiger partial charge < -0.3 is 19.3 Å². The molecule has 0 aliphatic carbocycles. The van der Waals surface area contributed by atoms with Crippen LogP contribution in [0.5, 0.6) is 5.88 Å². The molecule has 0 N–H and O–H groups in total. The number of aromatic nitrogens is 3. The van der Waals surface area contributed by atoms with Crippen LogP contribution in [0.15, 0.2) is 60.9 Å². The lowest BCUT2D eigenvalue weighted by Crippen LogP contribution is -2.30. The summed E-state index contributed by atoms with van der Waals surface area (Å²) in [5.74, 6) is 0.462. The summed E-state index contributed by atoms with van der Waals surface area (Å²) in [5.41, 5.74) is -1.72. The van der Waals surface area contributed by atoms with Gasteiger partial charge in [-0.05, 0) is 60.5 Å². The van der Waals surface area contributed by atoms with Gasteiger partial charge in [-0.3, -0.25) is 0 Å². The lowest BCUT2D eigenvalue weighted by atomic mass is 10.0. The smallest absolute Gasteiger partial charge is 0.416 e. The second kappa shape index (κ2) is 13.2. The fourth-order valence-electron chi connectivity index (χ4n) is 5.15. The lowest BCUT2D eigenvalue weighted by molar-refractivity contribution is -0.143. The molecule has 3 heterocycles. The fourth-order valence-corrected chi connectivity index (χ4v) is 5.15. The zero-order chi connectivity index (χ0) is 31.3. The third-order valence-electron chi connectivity index (χ3n) is 7.29. The van der Waals surface area contributed by atoms with Crippen molar-refractivity contribution in [1.82, 2.24) is 15.0 Å². The van der Waals surface area contributed by atoms with Gasteiger partial charge in [0, 0.05) is 32.1 Å². The van der Waals surface area contributed by atoms with E-state index in [2.05, 4.69) is 19.9 Å². The van der Waals surface area contributed by atoms with Crippen LogP contribution in [0, 0.1) is 0 Å². The Morgan fingerprint density at radius 2 is 1.48 bits per heavy atom. The minimum absolute atomic E-state index is 0.0217. The summed E-state index contributed by atoms with van der Waals surface area (Å²) in [6.07, 6.45) is -3.48. The van der Waals surface area contributed by atoms with Crippen molar-refractivity contribution in [3.8, 4) is 5.88 Å². The van der Waals surface area contributed by atoms with E-state index < -0.39 is 23.5 Å². The van der Waals surface area contributed by atoms with Crippen LogP contribution in [-0.2, 0) is 30.2 Å². The number of halogens is 6. The van der Waals surface area contributed by atoms with E-state index in [0.29, 0.717) is 18.2 Å². The summed E-state index contributed by atoms with van der Waals surface area (Å²) < 4.78 is 92.8. The third kappa shape index (κ3) is 7.68. The maximum atomic E-state index is 13.6. The van der Waals surface area contributed by atoms with Crippen molar-refractivity contribution >= 4 is 22.4 Å². The Labute approximate surface area is 250 Å². The molecule has 0 amide bonds. The van der Waals surface area contributed by atoms with Gasteiger partial charge in [0.05, 0.1) is 48.1 Å². The molecule has 7 nitrogen and oxygen atoms in total. The number of pyridine rings is 1. The van der Waals surface area contributed by atoms with Crippen LogP contribution >= 0.6 is 0 Å². The first-order valence-electron chi connectivity index (χ1n) is 14.1. The van der Waals surface area contributed by atoms with E-state index in [-0.39, 0.29) is 37.3 Å². The molecule has 1 fully saturated rings. The van der Waals surface area contributed by atoms with Crippen molar-refractivity contribution in [2.45, 2.75) is 44.7 Å². The number of benzene rings is 2. The zero-order valence-corrected chi connectivity index (χ0v) is 24.0. The number of ether oxygens (including phenoxy) is 2. The number of piperidine rings is 1. The maximum absolute atomic E-state index is 13.6. The highest BCUT2D eigenvalue weighted by Crippen LogP contribution is 2.37. The molecule has 0 unspecified atom stereocenters. The standard InChI is InChI=1S/C31H31F6N5O2/c1-43-11-12-44-28-27-8-4-3-7-22(27)15-25(40-28)20-42(29-38-17-26(18-39-29)41-9-5-2-6-10-41)19-21-13-23(30(32,33)34)16-24(14-21)31(35,36)37/h3-4,7-8,13-18H,2,5-6,9-12,19-20H2,1H3. The average Bonchev–Trinajstić information content (AvgIpc) is 3.00. The first kappa shape index (κ1) is 31.3. The number of anilines is 2. The summed E-state index contributed by atoms with van der Waals surface area (Å²) in [6.45, 7) is 1.89. The Morgan fingerprint density at radius 1 is 0.818 bits per heavy atom. The molecule has 0 spiro atoms. The molecule has 4 aromatic rings. The fraction of sp³-hybridized carbons (Fsp3) is 0.387. The van der Waals surface area contributed by atoms with Crippen molar-refractivity contribution < 1.29 is 35.8 Å². The molecule has 0 radical (unpaired) electrons. The molecular weight excluding hydrogens is 588 g/mol. The lowest BCUT2D eigenvalue weighted by Gasteiger charge is -2.29. The third-order valence-corrected chi connectivity index (χ3v) is 7.29. The first-order chi connectivity index (χ1) is 21.0. The van der Waals surface area contributed by atoms with Gasteiger partial charge in [0.2, 0.25) is 11.8 Å². The zero-order valence-electron chi connectivity index (χ0n) is 24.0. The molecule has 1 aliphatic rings. The van der Waals surface area contributed by atoms with E-state index in [9.17, 15) is 26.3 Å². The summed E-state index contributed by atoms with van der Waals surface area (Å²) >= 11 is 0. The molecular formula is C31H31F6N5O2. The summed E-state index contributed by atoms with van der Waals surface area (Å²) in [4.78, 5) is 17.3. The second-order valence-corrected chi connectivity index (χ2v) is 10.5. The Kier molecular flexibility index (Phi) is 9.42. The molecule has 1 saturated heterocycles. The van der Waals surface area contributed by atoms with Gasteiger partial charge in [0.15, 0.2) is 0 Å². The number of fused-ring (bicyclic) bond motifs is 1. The Morgan fingerprint density at radius 3 is 2.11 bits per heavy atom. The van der Waals surface area contributed by atoms with Gasteiger partial charge in [-0.1, -0.05) is 18.2 Å². The van der Waals surface area contributed by atoms with E-state index in [1.807, 2.05) is 24.3 Å². The molecule has 1 aliphatic heterocycles. The Hall–Kier alpha value is -4.13. The van der Waals surface area contributed by atoms with Gasteiger partial charge in [-0.15, -0.1) is 0 Å². The van der Waals surface area contributed by atoms with Gasteiger partial charge >= 0.3 is 12.4 Å². The average molecular weight is 620 g/mol. The molecule has 44 heavy (non-hydrogen) atoms. The summed E-state index contributed by atoms with van der Waals surface area (Å²) in [6, 6.07) is 10.7. The van der Waals surface area contributed by atoms with Crippen LogP contribution in [-0.4, -0.2) is 48.4 Å². The number of methoxy groups -OCH3 is 1. The highest BCUT2D eigenvalue weighted by atomic mass is 19.4. The summed E-state index contributed by atoms with van der Waals surface area (Å²) in [5, 5.41) is 1.54. The van der Waals surface area contributed by atoms with Crippen LogP contribution in [0.25, 0.3) is 10.8 Å². The van der Waals surface area contributed by atoms with Gasteiger partial charge in [-0.25, -0.2) is 15.0 Å². The van der Waals surface area contributed by atoms with Crippen LogP contribution in [0.4, 0.5) is 38.0 Å². The van der Waals surface area contributed by atoms with Crippen LogP contribution in [0.2, 0.25) is 0 Å². The minimum Gasteiger partial charge on any atom is -0.475 e. The monoisotopic (exact) mass is 619 g/mol. The van der Waals surface area contributed by atoms with E-state index in [0.717, 1.165) is 60.9 Å². The van der Waals surface area contributed by atoms with E-state index in [1.165, 1.54) is 12.0 Å². The number of rotatable bonds is 10.